The number of aromatic nitrogens is 3. The first-order valence-corrected chi connectivity index (χ1v) is 15.4. The van der Waals surface area contributed by atoms with E-state index in [-0.39, 0.29) is 56.6 Å². The van der Waals surface area contributed by atoms with Gasteiger partial charge in [-0.15, -0.1) is 11.3 Å². The summed E-state index contributed by atoms with van der Waals surface area (Å²) < 4.78 is 76.6. The van der Waals surface area contributed by atoms with Gasteiger partial charge in [0.2, 0.25) is 16.0 Å². The predicted octanol–water partition coefficient (Wildman–Crippen LogP) is 5.82. The summed E-state index contributed by atoms with van der Waals surface area (Å²) in [5.74, 6) is -0.0651. The van der Waals surface area contributed by atoms with Gasteiger partial charge in [-0.25, -0.2) is 32.9 Å². The average molecular weight is 613 g/mol. The van der Waals surface area contributed by atoms with E-state index in [1.807, 2.05) is 0 Å². The standard InChI is InChI=1S/C26H31F3N6O4S2/c1-4-32-41(37,38)20-14-18(33-24-30-12-5-13-31-24)10-11-19(20)21-22(26(27,28)29)35-23(40-21)16-6-8-17(9-7-16)34-25(36)39-15(2)3/h5,10-17,32H,4,6-9H2,1-3H3,(H,34,36)(H,30,31,33). The second-order valence-corrected chi connectivity index (χ2v) is 12.6. The molecule has 0 atom stereocenters. The van der Waals surface area contributed by atoms with Crippen LogP contribution in [0.15, 0.2) is 41.6 Å². The topological polar surface area (TPSA) is 135 Å². The van der Waals surface area contributed by atoms with Crippen LogP contribution in [0.3, 0.4) is 0 Å². The van der Waals surface area contributed by atoms with Gasteiger partial charge in [0.25, 0.3) is 0 Å². The van der Waals surface area contributed by atoms with Crippen molar-refractivity contribution in [3.8, 4) is 10.4 Å². The molecule has 1 saturated carbocycles. The van der Waals surface area contributed by atoms with Crippen LogP contribution in [-0.2, 0) is 20.9 Å². The lowest BCUT2D eigenvalue weighted by molar-refractivity contribution is -0.140. The molecule has 0 unspecified atom stereocenters. The van der Waals surface area contributed by atoms with Crippen LogP contribution in [0.25, 0.3) is 10.4 Å². The molecule has 1 aromatic carbocycles. The highest BCUT2D eigenvalue weighted by Crippen LogP contribution is 2.46. The van der Waals surface area contributed by atoms with Crippen molar-refractivity contribution in [2.24, 2.45) is 0 Å². The Morgan fingerprint density at radius 1 is 1.15 bits per heavy atom. The smallest absolute Gasteiger partial charge is 0.434 e. The number of ether oxygens (including phenoxy) is 1. The van der Waals surface area contributed by atoms with Crippen molar-refractivity contribution in [1.82, 2.24) is 25.0 Å². The number of halogens is 3. The Balaban J connectivity index is 1.67. The third-order valence-electron chi connectivity index (χ3n) is 6.33. The van der Waals surface area contributed by atoms with E-state index in [2.05, 4.69) is 30.3 Å². The summed E-state index contributed by atoms with van der Waals surface area (Å²) >= 11 is 0.847. The zero-order valence-corrected chi connectivity index (χ0v) is 24.3. The van der Waals surface area contributed by atoms with Crippen molar-refractivity contribution >= 4 is 39.1 Å². The predicted molar refractivity (Wildman–Crippen MR) is 148 cm³/mol. The summed E-state index contributed by atoms with van der Waals surface area (Å²) in [4.78, 5) is 23.4. The molecule has 0 saturated heterocycles. The monoisotopic (exact) mass is 612 g/mol. The number of carbonyl (C=O) groups excluding carboxylic acids is 1. The first-order valence-electron chi connectivity index (χ1n) is 13.1. The lowest BCUT2D eigenvalue weighted by atomic mass is 9.86. The highest BCUT2D eigenvalue weighted by atomic mass is 32.2. The summed E-state index contributed by atoms with van der Waals surface area (Å²) in [6.07, 6.45) is -0.475. The molecular weight excluding hydrogens is 581 g/mol. The molecule has 1 fully saturated rings. The van der Waals surface area contributed by atoms with Gasteiger partial charge < -0.3 is 15.4 Å². The lowest BCUT2D eigenvalue weighted by Crippen LogP contribution is -2.38. The SMILES string of the molecule is CCNS(=O)(=O)c1cc(Nc2ncccn2)ccc1-c1sc(C2CCC(NC(=O)OC(C)C)CC2)nc1C(F)(F)F. The molecule has 15 heteroatoms. The molecule has 0 aliphatic heterocycles. The van der Waals surface area contributed by atoms with Gasteiger partial charge >= 0.3 is 12.3 Å². The molecule has 0 bridgehead atoms. The molecule has 0 radical (unpaired) electrons. The number of amides is 1. The zero-order chi connectivity index (χ0) is 29.8. The molecule has 1 amide bonds. The molecule has 2 heterocycles. The minimum atomic E-state index is -4.81. The van der Waals surface area contributed by atoms with Gasteiger partial charge in [-0.3, -0.25) is 0 Å². The zero-order valence-electron chi connectivity index (χ0n) is 22.7. The van der Waals surface area contributed by atoms with Crippen molar-refractivity contribution in [1.29, 1.82) is 0 Å². The van der Waals surface area contributed by atoms with Gasteiger partial charge in [0.05, 0.1) is 20.9 Å². The highest BCUT2D eigenvalue weighted by molar-refractivity contribution is 7.89. The fraction of sp³-hybridized carbons (Fsp3) is 0.462. The van der Waals surface area contributed by atoms with Crippen LogP contribution < -0.4 is 15.4 Å². The maximum atomic E-state index is 14.3. The van der Waals surface area contributed by atoms with E-state index in [1.165, 1.54) is 30.6 Å². The minimum absolute atomic E-state index is 0.0449. The molecule has 1 aliphatic carbocycles. The normalized spacial score (nSPS) is 17.8. The molecule has 3 aromatic rings. The Bertz CT molecular complexity index is 1460. The van der Waals surface area contributed by atoms with Gasteiger partial charge in [0, 0.05) is 42.1 Å². The molecule has 3 N–H and O–H groups in total. The largest absolute Gasteiger partial charge is 0.447 e. The number of alkyl halides is 3. The first kappa shape index (κ1) is 30.7. The fourth-order valence-electron chi connectivity index (χ4n) is 4.56. The molecular formula is C26H31F3N6O4S2. The van der Waals surface area contributed by atoms with Crippen LogP contribution in [0, 0.1) is 0 Å². The number of carbonyl (C=O) groups is 1. The van der Waals surface area contributed by atoms with Crippen molar-refractivity contribution in [2.75, 3.05) is 11.9 Å². The van der Waals surface area contributed by atoms with Crippen LogP contribution in [0.5, 0.6) is 0 Å². The Morgan fingerprint density at radius 2 is 1.83 bits per heavy atom. The Kier molecular flexibility index (Phi) is 9.49. The van der Waals surface area contributed by atoms with Crippen molar-refractivity contribution < 1.29 is 31.1 Å². The number of rotatable bonds is 9. The number of nitrogens with one attached hydrogen (secondary N) is 3. The number of thiazole rings is 1. The molecule has 1 aliphatic rings. The summed E-state index contributed by atoms with van der Waals surface area (Å²) in [5, 5.41) is 5.96. The molecule has 222 valence electrons. The van der Waals surface area contributed by atoms with E-state index in [9.17, 15) is 26.4 Å². The maximum absolute atomic E-state index is 14.3. The third kappa shape index (κ3) is 7.71. The molecule has 0 spiro atoms. The second kappa shape index (κ2) is 12.7. The van der Waals surface area contributed by atoms with Crippen molar-refractivity contribution in [2.45, 2.75) is 75.6 Å². The summed E-state index contributed by atoms with van der Waals surface area (Å²) in [6, 6.07) is 5.53. The lowest BCUT2D eigenvalue weighted by Gasteiger charge is -2.28. The number of benzene rings is 1. The van der Waals surface area contributed by atoms with E-state index < -0.39 is 28.0 Å². The van der Waals surface area contributed by atoms with Crippen LogP contribution in [0.2, 0.25) is 0 Å². The van der Waals surface area contributed by atoms with E-state index in [4.69, 9.17) is 4.74 Å². The van der Waals surface area contributed by atoms with Crippen molar-refractivity contribution in [3.05, 3.63) is 47.4 Å². The van der Waals surface area contributed by atoms with E-state index in [0.29, 0.717) is 25.7 Å². The molecule has 4 rings (SSSR count). The van der Waals surface area contributed by atoms with Crippen LogP contribution in [0.4, 0.5) is 29.6 Å². The highest BCUT2D eigenvalue weighted by Gasteiger charge is 2.40. The quantitative estimate of drug-likeness (QED) is 0.275. The second-order valence-electron chi connectivity index (χ2n) is 9.78. The number of hydrogen-bond donors (Lipinski definition) is 3. The van der Waals surface area contributed by atoms with E-state index >= 15 is 0 Å². The van der Waals surface area contributed by atoms with Crippen LogP contribution >= 0.6 is 11.3 Å². The number of sulfonamides is 1. The van der Waals surface area contributed by atoms with E-state index in [1.54, 1.807) is 26.8 Å². The van der Waals surface area contributed by atoms with Gasteiger partial charge in [0.1, 0.15) is 0 Å². The summed E-state index contributed by atoms with van der Waals surface area (Å²) in [5.41, 5.74) is -0.941. The summed E-state index contributed by atoms with van der Waals surface area (Å²) in [6.45, 7) is 5.11. The minimum Gasteiger partial charge on any atom is -0.447 e. The Hall–Kier alpha value is -3.30. The maximum Gasteiger partial charge on any atom is 0.434 e. The number of nitrogens with zero attached hydrogens (tertiary/aromatic N) is 3. The average Bonchev–Trinajstić information content (AvgIpc) is 3.35. The van der Waals surface area contributed by atoms with Gasteiger partial charge in [-0.2, -0.15) is 13.2 Å². The third-order valence-corrected chi connectivity index (χ3v) is 9.16. The Labute approximate surface area is 240 Å². The van der Waals surface area contributed by atoms with Gasteiger partial charge in [-0.05, 0) is 57.7 Å². The van der Waals surface area contributed by atoms with Gasteiger partial charge in [0.15, 0.2) is 5.69 Å². The number of hydrogen-bond acceptors (Lipinski definition) is 9. The molecule has 10 nitrogen and oxygen atoms in total. The number of anilines is 2. The van der Waals surface area contributed by atoms with Crippen LogP contribution in [-0.4, -0.2) is 48.2 Å². The number of alkyl carbamates (subject to hydrolysis) is 1. The van der Waals surface area contributed by atoms with E-state index in [0.717, 1.165) is 11.3 Å². The van der Waals surface area contributed by atoms with Crippen molar-refractivity contribution in [3.63, 3.8) is 0 Å². The fourth-order valence-corrected chi connectivity index (χ4v) is 7.19. The molecule has 2 aromatic heterocycles. The Morgan fingerprint density at radius 3 is 2.44 bits per heavy atom. The van der Waals surface area contributed by atoms with Gasteiger partial charge in [-0.1, -0.05) is 13.0 Å². The van der Waals surface area contributed by atoms with Crippen LogP contribution in [0.1, 0.15) is 63.1 Å². The first-order chi connectivity index (χ1) is 19.4. The molecule has 41 heavy (non-hydrogen) atoms. The summed E-state index contributed by atoms with van der Waals surface area (Å²) in [7, 11) is -4.18.